The summed E-state index contributed by atoms with van der Waals surface area (Å²) in [5.41, 5.74) is 12.4. The number of anilines is 3. The van der Waals surface area contributed by atoms with Crippen LogP contribution in [0.4, 0.5) is 21.5 Å². The average molecular weight is 280 g/mol. The third kappa shape index (κ3) is 2.77. The molecule has 0 radical (unpaired) electrons. The van der Waals surface area contributed by atoms with Gasteiger partial charge < -0.3 is 16.8 Å². The molecule has 2 aromatic rings. The summed E-state index contributed by atoms with van der Waals surface area (Å²) < 4.78 is 13.0. The number of para-hydroxylation sites is 1. The molecule has 5 N–H and O–H groups in total. The molecule has 4 nitrogen and oxygen atoms in total. The van der Waals surface area contributed by atoms with Crippen LogP contribution < -0.4 is 16.8 Å². The first-order valence-corrected chi connectivity index (χ1v) is 5.77. The number of hydrogen-bond donors (Lipinski definition) is 3. The van der Waals surface area contributed by atoms with Crippen LogP contribution in [0.5, 0.6) is 0 Å². The molecule has 0 unspecified atom stereocenters. The average Bonchev–Trinajstić information content (AvgIpc) is 2.34. The summed E-state index contributed by atoms with van der Waals surface area (Å²) in [6.45, 7) is 0. The summed E-state index contributed by atoms with van der Waals surface area (Å²) in [5.74, 6) is -1.07. The smallest absolute Gasteiger partial charge is 0.250 e. The minimum absolute atomic E-state index is 0.179. The second-order valence-electron chi connectivity index (χ2n) is 3.88. The fourth-order valence-corrected chi connectivity index (χ4v) is 1.86. The van der Waals surface area contributed by atoms with Crippen LogP contribution in [-0.2, 0) is 0 Å². The lowest BCUT2D eigenvalue weighted by Crippen LogP contribution is -2.14. The molecule has 0 saturated carbocycles. The molecule has 0 atom stereocenters. The van der Waals surface area contributed by atoms with E-state index in [1.807, 2.05) is 0 Å². The first-order chi connectivity index (χ1) is 8.99. The van der Waals surface area contributed by atoms with Gasteiger partial charge in [0.1, 0.15) is 5.82 Å². The number of nitrogen functional groups attached to an aromatic ring is 1. The SMILES string of the molecule is NC(=O)c1cccc(N)c1Nc1ccc(F)cc1Cl. The number of carbonyl (C=O) groups excluding carboxylic acids is 1. The van der Waals surface area contributed by atoms with Crippen LogP contribution in [-0.4, -0.2) is 5.91 Å². The van der Waals surface area contributed by atoms with Crippen LogP contribution in [0.1, 0.15) is 10.4 Å². The van der Waals surface area contributed by atoms with Gasteiger partial charge in [0.2, 0.25) is 0 Å². The van der Waals surface area contributed by atoms with Gasteiger partial charge in [-0.3, -0.25) is 4.79 Å². The van der Waals surface area contributed by atoms with E-state index in [4.69, 9.17) is 23.1 Å². The van der Waals surface area contributed by atoms with Gasteiger partial charge in [0.15, 0.2) is 0 Å². The second kappa shape index (κ2) is 5.16. The van der Waals surface area contributed by atoms with Crippen molar-refractivity contribution in [3.63, 3.8) is 0 Å². The molecule has 2 aromatic carbocycles. The highest BCUT2D eigenvalue weighted by molar-refractivity contribution is 6.33. The summed E-state index contributed by atoms with van der Waals surface area (Å²) in [6.07, 6.45) is 0. The van der Waals surface area contributed by atoms with E-state index < -0.39 is 11.7 Å². The maximum atomic E-state index is 13.0. The van der Waals surface area contributed by atoms with Crippen molar-refractivity contribution in [3.8, 4) is 0 Å². The molecular weight excluding hydrogens is 269 g/mol. The van der Waals surface area contributed by atoms with Crippen LogP contribution in [0.3, 0.4) is 0 Å². The first-order valence-electron chi connectivity index (χ1n) is 5.39. The van der Waals surface area contributed by atoms with Crippen molar-refractivity contribution in [3.05, 3.63) is 52.8 Å². The summed E-state index contributed by atoms with van der Waals surface area (Å²) in [6, 6.07) is 8.64. The number of nitrogens with two attached hydrogens (primary N) is 2. The predicted octanol–water partition coefficient (Wildman–Crippen LogP) is 2.90. The summed E-state index contributed by atoms with van der Waals surface area (Å²) in [5, 5.41) is 3.07. The highest BCUT2D eigenvalue weighted by atomic mass is 35.5. The lowest BCUT2D eigenvalue weighted by Gasteiger charge is -2.13. The summed E-state index contributed by atoms with van der Waals surface area (Å²) in [7, 11) is 0. The molecule has 0 aliphatic rings. The minimum Gasteiger partial charge on any atom is -0.397 e. The number of rotatable bonds is 3. The van der Waals surface area contributed by atoms with Gasteiger partial charge in [-0.2, -0.15) is 0 Å². The molecule has 2 rings (SSSR count). The van der Waals surface area contributed by atoms with E-state index in [1.54, 1.807) is 18.2 Å². The Bertz CT molecular complexity index is 646. The monoisotopic (exact) mass is 279 g/mol. The quantitative estimate of drug-likeness (QED) is 0.756. The zero-order valence-corrected chi connectivity index (χ0v) is 10.5. The topological polar surface area (TPSA) is 81.1 Å². The molecule has 0 heterocycles. The molecule has 19 heavy (non-hydrogen) atoms. The minimum atomic E-state index is -0.618. The number of halogens is 2. The normalized spacial score (nSPS) is 10.2. The van der Waals surface area contributed by atoms with E-state index in [9.17, 15) is 9.18 Å². The molecule has 0 fully saturated rings. The van der Waals surface area contributed by atoms with E-state index in [0.717, 1.165) is 6.07 Å². The molecule has 0 aliphatic heterocycles. The Morgan fingerprint density at radius 3 is 2.63 bits per heavy atom. The van der Waals surface area contributed by atoms with E-state index in [0.29, 0.717) is 17.1 Å². The van der Waals surface area contributed by atoms with Gasteiger partial charge in [-0.25, -0.2) is 4.39 Å². The van der Waals surface area contributed by atoms with Crippen molar-refractivity contribution < 1.29 is 9.18 Å². The van der Waals surface area contributed by atoms with E-state index in [-0.39, 0.29) is 10.6 Å². The summed E-state index contributed by atoms with van der Waals surface area (Å²) >= 11 is 5.90. The highest BCUT2D eigenvalue weighted by Gasteiger charge is 2.12. The van der Waals surface area contributed by atoms with Crippen LogP contribution in [0.2, 0.25) is 5.02 Å². The van der Waals surface area contributed by atoms with Gasteiger partial charge in [-0.1, -0.05) is 17.7 Å². The van der Waals surface area contributed by atoms with Crippen molar-refractivity contribution in [2.45, 2.75) is 0 Å². The predicted molar refractivity (Wildman–Crippen MR) is 74.1 cm³/mol. The van der Waals surface area contributed by atoms with Crippen molar-refractivity contribution in [2.75, 3.05) is 11.1 Å². The Morgan fingerprint density at radius 2 is 2.00 bits per heavy atom. The zero-order valence-electron chi connectivity index (χ0n) is 9.78. The number of primary amides is 1. The molecule has 0 saturated heterocycles. The fraction of sp³-hybridized carbons (Fsp3) is 0. The van der Waals surface area contributed by atoms with Crippen LogP contribution >= 0.6 is 11.6 Å². The number of hydrogen-bond acceptors (Lipinski definition) is 3. The maximum absolute atomic E-state index is 13.0. The molecule has 0 bridgehead atoms. The van der Waals surface area contributed by atoms with E-state index in [2.05, 4.69) is 5.32 Å². The van der Waals surface area contributed by atoms with Crippen LogP contribution in [0.25, 0.3) is 0 Å². The maximum Gasteiger partial charge on any atom is 0.250 e. The Hall–Kier alpha value is -2.27. The lowest BCUT2D eigenvalue weighted by molar-refractivity contribution is 0.100. The number of benzene rings is 2. The van der Waals surface area contributed by atoms with Gasteiger partial charge >= 0.3 is 0 Å². The lowest BCUT2D eigenvalue weighted by atomic mass is 10.1. The van der Waals surface area contributed by atoms with E-state index in [1.165, 1.54) is 12.1 Å². The molecule has 98 valence electrons. The zero-order chi connectivity index (χ0) is 14.0. The van der Waals surface area contributed by atoms with Crippen molar-refractivity contribution in [2.24, 2.45) is 5.73 Å². The van der Waals surface area contributed by atoms with Gasteiger partial charge in [0.05, 0.1) is 27.6 Å². The Kier molecular flexibility index (Phi) is 3.57. The van der Waals surface area contributed by atoms with Gasteiger partial charge in [-0.05, 0) is 30.3 Å². The van der Waals surface area contributed by atoms with Crippen molar-refractivity contribution in [1.82, 2.24) is 0 Å². The Balaban J connectivity index is 2.46. The highest BCUT2D eigenvalue weighted by Crippen LogP contribution is 2.31. The first kappa shape index (κ1) is 13.2. The van der Waals surface area contributed by atoms with Gasteiger partial charge in [0, 0.05) is 0 Å². The summed E-state index contributed by atoms with van der Waals surface area (Å²) in [4.78, 5) is 11.3. The van der Waals surface area contributed by atoms with Gasteiger partial charge in [0.25, 0.3) is 5.91 Å². The fourth-order valence-electron chi connectivity index (χ4n) is 1.64. The van der Waals surface area contributed by atoms with Crippen LogP contribution in [0, 0.1) is 5.82 Å². The van der Waals surface area contributed by atoms with Crippen molar-refractivity contribution >= 4 is 34.6 Å². The number of nitrogens with one attached hydrogen (secondary N) is 1. The standard InChI is InChI=1S/C13H11ClFN3O/c14-9-6-7(15)4-5-11(9)18-12-8(13(17)19)2-1-3-10(12)16/h1-6,18H,16H2,(H2,17,19). The molecule has 0 spiro atoms. The Morgan fingerprint density at radius 1 is 1.26 bits per heavy atom. The number of amides is 1. The second-order valence-corrected chi connectivity index (χ2v) is 4.29. The third-order valence-corrected chi connectivity index (χ3v) is 2.87. The third-order valence-electron chi connectivity index (χ3n) is 2.55. The molecule has 0 aromatic heterocycles. The molecular formula is C13H11ClFN3O. The van der Waals surface area contributed by atoms with E-state index >= 15 is 0 Å². The Labute approximate surface area is 114 Å². The van der Waals surface area contributed by atoms with Gasteiger partial charge in [-0.15, -0.1) is 0 Å². The molecule has 1 amide bonds. The van der Waals surface area contributed by atoms with Crippen molar-refractivity contribution in [1.29, 1.82) is 0 Å². The van der Waals surface area contributed by atoms with Crippen LogP contribution in [0.15, 0.2) is 36.4 Å². The molecule has 6 heteroatoms. The molecule has 0 aliphatic carbocycles. The number of carbonyl (C=O) groups is 1. The largest absolute Gasteiger partial charge is 0.397 e.